The maximum atomic E-state index is 13.0. The monoisotopic (exact) mass is 587 g/mol. The number of barbiturate groups is 1. The van der Waals surface area contributed by atoms with Gasteiger partial charge < -0.3 is 10.1 Å². The average molecular weight is 589 g/mol. The lowest BCUT2D eigenvalue weighted by Gasteiger charge is -2.26. The van der Waals surface area contributed by atoms with Gasteiger partial charge in [0.05, 0.1) is 15.7 Å². The Morgan fingerprint density at radius 3 is 2.47 bits per heavy atom. The summed E-state index contributed by atoms with van der Waals surface area (Å²) in [6.07, 6.45) is 1.35. The molecule has 4 rings (SSSR count). The zero-order valence-electron chi connectivity index (χ0n) is 18.3. The molecule has 0 aromatic heterocycles. The van der Waals surface area contributed by atoms with Crippen LogP contribution in [0.2, 0.25) is 10.0 Å². The Balaban J connectivity index is 1.47. The van der Waals surface area contributed by atoms with Gasteiger partial charge in [0.25, 0.3) is 17.7 Å². The number of hydrogen-bond acceptors (Lipinski definition) is 5. The van der Waals surface area contributed by atoms with Crippen molar-refractivity contribution in [2.24, 2.45) is 0 Å². The van der Waals surface area contributed by atoms with E-state index in [0.29, 0.717) is 32.7 Å². The van der Waals surface area contributed by atoms with E-state index in [1.165, 1.54) is 12.1 Å². The summed E-state index contributed by atoms with van der Waals surface area (Å²) in [6, 6.07) is 16.8. The van der Waals surface area contributed by atoms with Gasteiger partial charge in [-0.25, -0.2) is 9.69 Å². The molecule has 3 aromatic carbocycles. The Kier molecular flexibility index (Phi) is 7.73. The van der Waals surface area contributed by atoms with Crippen molar-refractivity contribution in [3.8, 4) is 5.75 Å². The Labute approximate surface area is 223 Å². The van der Waals surface area contributed by atoms with Gasteiger partial charge in [-0.3, -0.25) is 19.7 Å². The van der Waals surface area contributed by atoms with Crippen LogP contribution in [-0.4, -0.2) is 30.4 Å². The number of ether oxygens (including phenoxy) is 1. The third-order valence-corrected chi connectivity index (χ3v) is 6.20. The molecule has 1 saturated heterocycles. The topological polar surface area (TPSA) is 105 Å². The van der Waals surface area contributed by atoms with Gasteiger partial charge in [0, 0.05) is 10.2 Å². The number of carbonyl (C=O) groups excluding carboxylic acids is 4. The van der Waals surface area contributed by atoms with E-state index in [1.807, 2.05) is 0 Å². The van der Waals surface area contributed by atoms with Crippen molar-refractivity contribution in [2.45, 2.75) is 0 Å². The largest absolute Gasteiger partial charge is 0.484 e. The van der Waals surface area contributed by atoms with Crippen molar-refractivity contribution >= 4 is 80.3 Å². The van der Waals surface area contributed by atoms with Crippen LogP contribution >= 0.6 is 39.1 Å². The minimum Gasteiger partial charge on any atom is -0.484 e. The first-order valence-electron chi connectivity index (χ1n) is 10.4. The summed E-state index contributed by atoms with van der Waals surface area (Å²) in [5.41, 5.74) is 1.00. The Hall–Kier alpha value is -3.66. The third-order valence-electron chi connectivity index (χ3n) is 4.93. The molecule has 182 valence electrons. The van der Waals surface area contributed by atoms with Gasteiger partial charge in [0.2, 0.25) is 0 Å². The normalized spacial score (nSPS) is 14.6. The van der Waals surface area contributed by atoms with E-state index in [9.17, 15) is 19.2 Å². The quantitative estimate of drug-likeness (QED) is 0.295. The van der Waals surface area contributed by atoms with Crippen molar-refractivity contribution in [1.29, 1.82) is 0 Å². The molecule has 2 N–H and O–H groups in total. The number of rotatable bonds is 6. The van der Waals surface area contributed by atoms with Crippen molar-refractivity contribution < 1.29 is 23.9 Å². The van der Waals surface area contributed by atoms with E-state index in [2.05, 4.69) is 26.6 Å². The van der Waals surface area contributed by atoms with E-state index >= 15 is 0 Å². The minimum absolute atomic E-state index is 0.230. The van der Waals surface area contributed by atoms with Gasteiger partial charge in [0.15, 0.2) is 6.61 Å². The highest BCUT2D eigenvalue weighted by Crippen LogP contribution is 2.26. The molecule has 1 aliphatic rings. The zero-order chi connectivity index (χ0) is 25.8. The SMILES string of the molecule is O=C(COc1cccc(/C=C2\C(=O)NC(=O)N(c3ccc(Br)cc3)C2=O)c1)Nc1ccc(Cl)c(Cl)c1. The average Bonchev–Trinajstić information content (AvgIpc) is 2.84. The molecule has 1 fully saturated rings. The molecule has 0 aliphatic carbocycles. The van der Waals surface area contributed by atoms with Crippen LogP contribution in [0.3, 0.4) is 0 Å². The summed E-state index contributed by atoms with van der Waals surface area (Å²) in [7, 11) is 0. The molecule has 0 radical (unpaired) electrons. The molecule has 0 bridgehead atoms. The molecular weight excluding hydrogens is 573 g/mol. The van der Waals surface area contributed by atoms with Crippen LogP contribution in [0.1, 0.15) is 5.56 Å². The van der Waals surface area contributed by atoms with Gasteiger partial charge >= 0.3 is 6.03 Å². The molecule has 8 nitrogen and oxygen atoms in total. The van der Waals surface area contributed by atoms with Gasteiger partial charge in [-0.2, -0.15) is 0 Å². The highest BCUT2D eigenvalue weighted by atomic mass is 79.9. The number of carbonyl (C=O) groups is 4. The van der Waals surface area contributed by atoms with Crippen LogP contribution in [0.5, 0.6) is 5.75 Å². The van der Waals surface area contributed by atoms with Gasteiger partial charge in [-0.15, -0.1) is 0 Å². The zero-order valence-corrected chi connectivity index (χ0v) is 21.4. The Bertz CT molecular complexity index is 1410. The number of imide groups is 2. The highest BCUT2D eigenvalue weighted by molar-refractivity contribution is 9.10. The van der Waals surface area contributed by atoms with Crippen molar-refractivity contribution in [3.63, 3.8) is 0 Å². The Morgan fingerprint density at radius 2 is 1.75 bits per heavy atom. The molecule has 3 aromatic rings. The second-order valence-corrected chi connectivity index (χ2v) is 9.20. The minimum atomic E-state index is -0.838. The molecule has 0 atom stereocenters. The fourth-order valence-corrected chi connectivity index (χ4v) is 3.83. The molecule has 1 heterocycles. The lowest BCUT2D eigenvalue weighted by Crippen LogP contribution is -2.54. The number of amides is 5. The standard InChI is InChI=1S/C25H16BrCl2N3O5/c26-15-4-7-17(8-5-15)31-24(34)19(23(33)30-25(31)35)11-14-2-1-3-18(10-14)36-13-22(32)29-16-6-9-20(27)21(28)12-16/h1-12H,13H2,(H,29,32)(H,30,33,35)/b19-11+. The maximum Gasteiger partial charge on any atom is 0.335 e. The fourth-order valence-electron chi connectivity index (χ4n) is 3.26. The fraction of sp³-hybridized carbons (Fsp3) is 0.0400. The third kappa shape index (κ3) is 5.93. The second kappa shape index (κ2) is 10.9. The molecule has 0 spiro atoms. The first-order valence-corrected chi connectivity index (χ1v) is 11.9. The molecule has 1 aliphatic heterocycles. The van der Waals surface area contributed by atoms with Crippen molar-refractivity contribution in [1.82, 2.24) is 5.32 Å². The predicted molar refractivity (Wildman–Crippen MR) is 140 cm³/mol. The molecule has 36 heavy (non-hydrogen) atoms. The van der Waals surface area contributed by atoms with Gasteiger partial charge in [-0.1, -0.05) is 51.3 Å². The lowest BCUT2D eigenvalue weighted by atomic mass is 10.1. The number of benzene rings is 3. The lowest BCUT2D eigenvalue weighted by molar-refractivity contribution is -0.122. The number of hydrogen-bond donors (Lipinski definition) is 2. The number of nitrogens with zero attached hydrogens (tertiary/aromatic N) is 1. The molecule has 0 saturated carbocycles. The highest BCUT2D eigenvalue weighted by Gasteiger charge is 2.36. The maximum absolute atomic E-state index is 13.0. The number of halogens is 3. The molecular formula is C25H16BrCl2N3O5. The van der Waals surface area contributed by atoms with E-state index in [0.717, 1.165) is 9.37 Å². The van der Waals surface area contributed by atoms with E-state index in [4.69, 9.17) is 27.9 Å². The summed E-state index contributed by atoms with van der Waals surface area (Å²) in [5, 5.41) is 5.49. The summed E-state index contributed by atoms with van der Waals surface area (Å²) in [4.78, 5) is 50.9. The summed E-state index contributed by atoms with van der Waals surface area (Å²) in [5.74, 6) is -1.68. The van der Waals surface area contributed by atoms with Crippen LogP contribution < -0.4 is 20.3 Å². The summed E-state index contributed by atoms with van der Waals surface area (Å²) >= 11 is 15.1. The molecule has 5 amide bonds. The van der Waals surface area contributed by atoms with E-state index in [-0.39, 0.29) is 12.2 Å². The van der Waals surface area contributed by atoms with Crippen molar-refractivity contribution in [2.75, 3.05) is 16.8 Å². The van der Waals surface area contributed by atoms with Crippen LogP contribution in [0.15, 0.2) is 76.8 Å². The van der Waals surface area contributed by atoms with E-state index in [1.54, 1.807) is 60.7 Å². The Morgan fingerprint density at radius 1 is 1.00 bits per heavy atom. The van der Waals surface area contributed by atoms with Crippen LogP contribution in [0, 0.1) is 0 Å². The van der Waals surface area contributed by atoms with Crippen LogP contribution in [-0.2, 0) is 14.4 Å². The summed E-state index contributed by atoms with van der Waals surface area (Å²) < 4.78 is 6.31. The second-order valence-electron chi connectivity index (χ2n) is 7.47. The predicted octanol–water partition coefficient (Wildman–Crippen LogP) is 5.44. The smallest absolute Gasteiger partial charge is 0.335 e. The van der Waals surface area contributed by atoms with Gasteiger partial charge in [-0.05, 0) is 66.2 Å². The van der Waals surface area contributed by atoms with Crippen LogP contribution in [0.4, 0.5) is 16.2 Å². The van der Waals surface area contributed by atoms with Crippen LogP contribution in [0.25, 0.3) is 6.08 Å². The molecule has 0 unspecified atom stereocenters. The molecule has 11 heteroatoms. The number of urea groups is 1. The van der Waals surface area contributed by atoms with Gasteiger partial charge in [0.1, 0.15) is 11.3 Å². The number of anilines is 2. The first-order chi connectivity index (χ1) is 17.2. The number of nitrogens with one attached hydrogen (secondary N) is 2. The first kappa shape index (κ1) is 25.4. The van der Waals surface area contributed by atoms with Crippen molar-refractivity contribution in [3.05, 3.63) is 92.4 Å². The summed E-state index contributed by atoms with van der Waals surface area (Å²) in [6.45, 7) is -0.300. The van der Waals surface area contributed by atoms with E-state index < -0.39 is 23.8 Å².